The highest BCUT2D eigenvalue weighted by Crippen LogP contribution is 2.36. The Labute approximate surface area is 158 Å². The number of carbonyl (C=O) groups is 2. The van der Waals surface area contributed by atoms with Crippen LogP contribution >= 0.6 is 15.9 Å². The number of nitrogens with zero attached hydrogens (tertiary/aromatic N) is 3. The summed E-state index contributed by atoms with van der Waals surface area (Å²) in [6, 6.07) is 1.94. The normalized spacial score (nSPS) is 16.6. The van der Waals surface area contributed by atoms with E-state index in [0.717, 1.165) is 25.1 Å². The lowest BCUT2D eigenvalue weighted by atomic mass is 10.1. The molecule has 3 heterocycles. The number of hydrogen-bond donors (Lipinski definition) is 0. The summed E-state index contributed by atoms with van der Waals surface area (Å²) in [6.07, 6.45) is 3.45. The molecule has 0 radical (unpaired) electrons. The van der Waals surface area contributed by atoms with Crippen LogP contribution in [0.2, 0.25) is 0 Å². The van der Waals surface area contributed by atoms with Crippen molar-refractivity contribution in [3.05, 3.63) is 51.3 Å². The van der Waals surface area contributed by atoms with E-state index in [1.165, 1.54) is 11.0 Å². The smallest absolute Gasteiger partial charge is 0.335 e. The largest absolute Gasteiger partial charge is 0.464 e. The first kappa shape index (κ1) is 17.2. The number of aromatic nitrogens is 2. The van der Waals surface area contributed by atoms with Crippen molar-refractivity contribution in [2.45, 2.75) is 38.9 Å². The number of aryl methyl sites for hydroxylation is 1. The van der Waals surface area contributed by atoms with Crippen LogP contribution in [-0.4, -0.2) is 32.9 Å². The second-order valence-electron chi connectivity index (χ2n) is 6.37. The number of carbonyl (C=O) groups excluding carboxylic acids is 2. The molecule has 2 aromatic rings. The Hall–Kier alpha value is -2.22. The van der Waals surface area contributed by atoms with E-state index in [9.17, 15) is 14.0 Å². The van der Waals surface area contributed by atoms with Gasteiger partial charge in [0.25, 0.3) is 5.91 Å². The van der Waals surface area contributed by atoms with Gasteiger partial charge in [0.15, 0.2) is 6.04 Å². The van der Waals surface area contributed by atoms with Gasteiger partial charge in [-0.2, -0.15) is 0 Å². The van der Waals surface area contributed by atoms with Crippen LogP contribution in [0.25, 0.3) is 0 Å². The maximum atomic E-state index is 14.3. The lowest BCUT2D eigenvalue weighted by Crippen LogP contribution is -2.36. The third kappa shape index (κ3) is 2.63. The Morgan fingerprint density at radius 2 is 2.27 bits per heavy atom. The van der Waals surface area contributed by atoms with Crippen molar-refractivity contribution < 1.29 is 18.7 Å². The van der Waals surface area contributed by atoms with Gasteiger partial charge < -0.3 is 14.2 Å². The molecule has 0 N–H and O–H groups in total. The number of halogens is 2. The maximum Gasteiger partial charge on any atom is 0.335 e. The SMILES string of the molecule is CCOC(=O)[C@@H](c1ncn2c1CCC2)N1Cc2c(F)cc(Br)cc2C1=O. The third-order valence-electron chi connectivity index (χ3n) is 4.85. The molecule has 0 fully saturated rings. The summed E-state index contributed by atoms with van der Waals surface area (Å²) in [5.41, 5.74) is 2.03. The van der Waals surface area contributed by atoms with Gasteiger partial charge in [0.2, 0.25) is 0 Å². The molecule has 8 heteroatoms. The summed E-state index contributed by atoms with van der Waals surface area (Å²) >= 11 is 3.22. The first-order valence-corrected chi connectivity index (χ1v) is 9.30. The van der Waals surface area contributed by atoms with Gasteiger partial charge in [0.05, 0.1) is 25.2 Å². The summed E-state index contributed by atoms with van der Waals surface area (Å²) in [6.45, 7) is 2.76. The molecule has 1 atom stereocenters. The van der Waals surface area contributed by atoms with E-state index in [2.05, 4.69) is 20.9 Å². The highest BCUT2D eigenvalue weighted by Gasteiger charge is 2.42. The molecule has 26 heavy (non-hydrogen) atoms. The molecule has 1 amide bonds. The van der Waals surface area contributed by atoms with Crippen molar-refractivity contribution in [2.75, 3.05) is 6.61 Å². The average molecular weight is 422 g/mol. The van der Waals surface area contributed by atoms with Crippen LogP contribution < -0.4 is 0 Å². The molecule has 4 rings (SSSR count). The Bertz CT molecular complexity index is 911. The summed E-state index contributed by atoms with van der Waals surface area (Å²) in [5, 5.41) is 0. The minimum Gasteiger partial charge on any atom is -0.464 e. The molecule has 0 aliphatic carbocycles. The van der Waals surface area contributed by atoms with E-state index in [4.69, 9.17) is 4.74 Å². The van der Waals surface area contributed by atoms with E-state index in [1.54, 1.807) is 19.3 Å². The highest BCUT2D eigenvalue weighted by molar-refractivity contribution is 9.10. The summed E-state index contributed by atoms with van der Waals surface area (Å²) in [5.74, 6) is -1.40. The Morgan fingerprint density at radius 1 is 1.46 bits per heavy atom. The number of rotatable bonds is 4. The molecule has 2 aliphatic heterocycles. The Balaban J connectivity index is 1.77. The van der Waals surface area contributed by atoms with Crippen molar-refractivity contribution in [1.82, 2.24) is 14.5 Å². The number of hydrogen-bond acceptors (Lipinski definition) is 4. The molecule has 6 nitrogen and oxygen atoms in total. The monoisotopic (exact) mass is 421 g/mol. The second kappa shape index (κ2) is 6.50. The van der Waals surface area contributed by atoms with E-state index in [0.29, 0.717) is 15.7 Å². The van der Waals surface area contributed by atoms with E-state index in [-0.39, 0.29) is 18.7 Å². The molecule has 136 valence electrons. The first-order chi connectivity index (χ1) is 12.5. The maximum absolute atomic E-state index is 14.3. The van der Waals surface area contributed by atoms with Gasteiger partial charge in [-0.3, -0.25) is 4.79 Å². The first-order valence-electron chi connectivity index (χ1n) is 8.50. The molecule has 1 aromatic carbocycles. The molecule has 1 aromatic heterocycles. The van der Waals surface area contributed by atoms with Crippen molar-refractivity contribution in [3.8, 4) is 0 Å². The molecule has 2 aliphatic rings. The molecule has 0 spiro atoms. The van der Waals surface area contributed by atoms with Crippen molar-refractivity contribution >= 4 is 27.8 Å². The van der Waals surface area contributed by atoms with Crippen LogP contribution in [-0.2, 0) is 29.0 Å². The predicted molar refractivity (Wildman–Crippen MR) is 93.9 cm³/mol. The zero-order valence-corrected chi connectivity index (χ0v) is 15.8. The van der Waals surface area contributed by atoms with Crippen LogP contribution in [0.3, 0.4) is 0 Å². The van der Waals surface area contributed by atoms with Gasteiger partial charge in [0, 0.05) is 27.8 Å². The molecule has 0 saturated heterocycles. The lowest BCUT2D eigenvalue weighted by Gasteiger charge is -2.25. The van der Waals surface area contributed by atoms with Gasteiger partial charge in [-0.05, 0) is 31.9 Å². The van der Waals surface area contributed by atoms with Crippen LogP contribution in [0.5, 0.6) is 0 Å². The van der Waals surface area contributed by atoms with E-state index in [1.807, 2.05) is 4.57 Å². The van der Waals surface area contributed by atoms with Crippen molar-refractivity contribution in [2.24, 2.45) is 0 Å². The molecule has 0 unspecified atom stereocenters. The van der Waals surface area contributed by atoms with Crippen molar-refractivity contribution in [1.29, 1.82) is 0 Å². The van der Waals surface area contributed by atoms with E-state index >= 15 is 0 Å². The number of ether oxygens (including phenoxy) is 1. The summed E-state index contributed by atoms with van der Waals surface area (Å²) in [4.78, 5) is 31.4. The minimum absolute atomic E-state index is 0.0169. The highest BCUT2D eigenvalue weighted by atomic mass is 79.9. The number of benzene rings is 1. The van der Waals surface area contributed by atoms with Gasteiger partial charge in [0.1, 0.15) is 5.82 Å². The number of fused-ring (bicyclic) bond motifs is 2. The van der Waals surface area contributed by atoms with Crippen LogP contribution in [0.4, 0.5) is 4.39 Å². The van der Waals surface area contributed by atoms with E-state index < -0.39 is 23.7 Å². The predicted octanol–water partition coefficient (Wildman–Crippen LogP) is 2.99. The number of amides is 1. The molecular weight excluding hydrogens is 405 g/mol. The fraction of sp³-hybridized carbons (Fsp3) is 0.389. The van der Waals surface area contributed by atoms with Gasteiger partial charge in [-0.25, -0.2) is 14.2 Å². The molecule has 0 saturated carbocycles. The van der Waals surface area contributed by atoms with Gasteiger partial charge >= 0.3 is 5.97 Å². The zero-order valence-electron chi connectivity index (χ0n) is 14.2. The average Bonchev–Trinajstić information content (AvgIpc) is 3.26. The summed E-state index contributed by atoms with van der Waals surface area (Å²) in [7, 11) is 0. The summed E-state index contributed by atoms with van der Waals surface area (Å²) < 4.78 is 22.0. The minimum atomic E-state index is -0.970. The topological polar surface area (TPSA) is 64.4 Å². The third-order valence-corrected chi connectivity index (χ3v) is 5.31. The molecule has 0 bridgehead atoms. The second-order valence-corrected chi connectivity index (χ2v) is 7.29. The van der Waals surface area contributed by atoms with Gasteiger partial charge in [-0.1, -0.05) is 15.9 Å². The number of imidazole rings is 1. The fourth-order valence-electron chi connectivity index (χ4n) is 3.70. The van der Waals surface area contributed by atoms with Gasteiger partial charge in [-0.15, -0.1) is 0 Å². The zero-order chi connectivity index (χ0) is 18.4. The standard InChI is InChI=1S/C18H17BrFN3O3/c1-2-26-18(25)16(15-14-4-3-5-22(14)9-21-15)23-8-12-11(17(23)24)6-10(19)7-13(12)20/h6-7,9,16H,2-5,8H2,1H3/t16-/m1/s1. The Kier molecular flexibility index (Phi) is 4.30. The molecular formula is C18H17BrFN3O3. The lowest BCUT2D eigenvalue weighted by molar-refractivity contribution is -0.149. The van der Waals surface area contributed by atoms with Crippen LogP contribution in [0, 0.1) is 5.82 Å². The quantitative estimate of drug-likeness (QED) is 0.711. The fourth-order valence-corrected chi connectivity index (χ4v) is 4.13. The van der Waals surface area contributed by atoms with Crippen LogP contribution in [0.15, 0.2) is 22.9 Å². The Morgan fingerprint density at radius 3 is 3.04 bits per heavy atom. The number of esters is 1. The van der Waals surface area contributed by atoms with Crippen molar-refractivity contribution in [3.63, 3.8) is 0 Å². The van der Waals surface area contributed by atoms with Crippen LogP contribution in [0.1, 0.15) is 46.7 Å².